The summed E-state index contributed by atoms with van der Waals surface area (Å²) >= 11 is 0. The van der Waals surface area contributed by atoms with Crippen LogP contribution in [0.15, 0.2) is 6.07 Å². The van der Waals surface area contributed by atoms with Gasteiger partial charge < -0.3 is 4.90 Å². The monoisotopic (exact) mass is 381 g/mol. The molecular weight excluding hydrogens is 350 g/mol. The van der Waals surface area contributed by atoms with E-state index in [1.807, 2.05) is 11.6 Å². The van der Waals surface area contributed by atoms with Crippen LogP contribution in [0.2, 0.25) is 0 Å². The molecule has 0 aromatic carbocycles. The molecular formula is C22H31N5O. The van der Waals surface area contributed by atoms with Crippen molar-refractivity contribution < 1.29 is 4.79 Å². The van der Waals surface area contributed by atoms with Crippen molar-refractivity contribution in [1.29, 1.82) is 0 Å². The molecule has 0 N–H and O–H groups in total. The summed E-state index contributed by atoms with van der Waals surface area (Å²) in [5, 5.41) is 5.74. The van der Waals surface area contributed by atoms with E-state index in [-0.39, 0.29) is 5.91 Å². The molecule has 1 atom stereocenters. The van der Waals surface area contributed by atoms with Crippen molar-refractivity contribution >= 4 is 16.9 Å². The molecule has 0 bridgehead atoms. The fourth-order valence-corrected chi connectivity index (χ4v) is 4.94. The van der Waals surface area contributed by atoms with Crippen molar-refractivity contribution in [2.24, 2.45) is 0 Å². The molecule has 150 valence electrons. The summed E-state index contributed by atoms with van der Waals surface area (Å²) in [5.41, 5.74) is 3.77. The predicted octanol–water partition coefficient (Wildman–Crippen LogP) is 3.34. The quantitative estimate of drug-likeness (QED) is 0.797. The Balaban J connectivity index is 1.53. The van der Waals surface area contributed by atoms with Crippen molar-refractivity contribution in [3.8, 4) is 0 Å². The minimum Gasteiger partial charge on any atom is -0.336 e. The Hall–Kier alpha value is -1.95. The van der Waals surface area contributed by atoms with E-state index < -0.39 is 0 Å². The van der Waals surface area contributed by atoms with Crippen LogP contribution >= 0.6 is 0 Å². The Kier molecular flexibility index (Phi) is 4.62. The van der Waals surface area contributed by atoms with Gasteiger partial charge in [0.15, 0.2) is 5.65 Å². The second-order valence-electron chi connectivity index (χ2n) is 8.81. The highest BCUT2D eigenvalue weighted by atomic mass is 16.2. The van der Waals surface area contributed by atoms with E-state index in [2.05, 4.69) is 22.8 Å². The normalized spacial score (nSPS) is 22.8. The van der Waals surface area contributed by atoms with Gasteiger partial charge in [0.05, 0.1) is 16.6 Å². The minimum atomic E-state index is 0.180. The fourth-order valence-electron chi connectivity index (χ4n) is 4.94. The number of unbranched alkanes of at least 4 members (excludes halogenated alkanes) is 1. The zero-order valence-electron chi connectivity index (χ0n) is 17.2. The van der Waals surface area contributed by atoms with Crippen LogP contribution in [-0.4, -0.2) is 62.7 Å². The predicted molar refractivity (Wildman–Crippen MR) is 110 cm³/mol. The Morgan fingerprint density at radius 2 is 2.07 bits per heavy atom. The average molecular weight is 382 g/mol. The summed E-state index contributed by atoms with van der Waals surface area (Å²) < 4.78 is 2.03. The first-order valence-electron chi connectivity index (χ1n) is 11.1. The lowest BCUT2D eigenvalue weighted by molar-refractivity contribution is 0.0573. The number of hydrogen-bond donors (Lipinski definition) is 0. The van der Waals surface area contributed by atoms with Crippen LogP contribution in [0.3, 0.4) is 0 Å². The van der Waals surface area contributed by atoms with Gasteiger partial charge in [0.25, 0.3) is 5.91 Å². The zero-order valence-corrected chi connectivity index (χ0v) is 17.2. The smallest absolute Gasteiger partial charge is 0.254 e. The third-order valence-electron chi connectivity index (χ3n) is 6.72. The second-order valence-corrected chi connectivity index (χ2v) is 8.81. The zero-order chi connectivity index (χ0) is 19.3. The standard InChI is InChI=1S/C22H31N5O/c1-3-4-10-27-21-20(15(2)24-27)18(13-19(23-21)16-7-8-16)22(28)26-12-11-25-9-5-6-17(25)14-26/h13,16-17H,3-12,14H2,1-2H3. The number of carbonyl (C=O) groups excluding carboxylic acids is 1. The number of nitrogens with zero attached hydrogens (tertiary/aromatic N) is 5. The molecule has 2 aromatic rings. The molecule has 4 heterocycles. The number of aromatic nitrogens is 3. The summed E-state index contributed by atoms with van der Waals surface area (Å²) in [6, 6.07) is 2.63. The number of pyridine rings is 1. The lowest BCUT2D eigenvalue weighted by Crippen LogP contribution is -2.52. The van der Waals surface area contributed by atoms with Crippen LogP contribution in [0.1, 0.15) is 73.1 Å². The first kappa shape index (κ1) is 18.1. The van der Waals surface area contributed by atoms with E-state index in [0.717, 1.165) is 67.0 Å². The maximum absolute atomic E-state index is 13.6. The van der Waals surface area contributed by atoms with Crippen LogP contribution < -0.4 is 0 Å². The van der Waals surface area contributed by atoms with Crippen LogP contribution in [-0.2, 0) is 6.54 Å². The molecule has 5 rings (SSSR count). The van der Waals surface area contributed by atoms with Gasteiger partial charge in [-0.3, -0.25) is 9.69 Å². The van der Waals surface area contributed by atoms with Gasteiger partial charge in [-0.15, -0.1) is 0 Å². The van der Waals surface area contributed by atoms with E-state index in [1.165, 1.54) is 32.2 Å². The number of hydrogen-bond acceptors (Lipinski definition) is 4. The lowest BCUT2D eigenvalue weighted by atomic mass is 10.0. The molecule has 2 saturated heterocycles. The first-order chi connectivity index (χ1) is 13.7. The molecule has 3 aliphatic rings. The highest BCUT2D eigenvalue weighted by Gasteiger charge is 2.35. The molecule has 1 amide bonds. The third-order valence-corrected chi connectivity index (χ3v) is 6.72. The Morgan fingerprint density at radius 1 is 1.21 bits per heavy atom. The van der Waals surface area contributed by atoms with Gasteiger partial charge in [-0.1, -0.05) is 13.3 Å². The molecule has 6 heteroatoms. The van der Waals surface area contributed by atoms with E-state index in [0.29, 0.717) is 12.0 Å². The number of piperazine rings is 1. The maximum atomic E-state index is 13.6. The van der Waals surface area contributed by atoms with Gasteiger partial charge in [-0.25, -0.2) is 9.67 Å². The maximum Gasteiger partial charge on any atom is 0.254 e. The molecule has 2 aromatic heterocycles. The molecule has 2 aliphatic heterocycles. The van der Waals surface area contributed by atoms with Crippen molar-refractivity contribution in [1.82, 2.24) is 24.6 Å². The molecule has 6 nitrogen and oxygen atoms in total. The lowest BCUT2D eigenvalue weighted by Gasteiger charge is -2.37. The third kappa shape index (κ3) is 3.11. The number of aryl methyl sites for hydroxylation is 2. The Morgan fingerprint density at radius 3 is 2.86 bits per heavy atom. The Bertz CT molecular complexity index is 900. The van der Waals surface area contributed by atoms with E-state index in [1.54, 1.807) is 0 Å². The van der Waals surface area contributed by atoms with E-state index >= 15 is 0 Å². The summed E-state index contributed by atoms with van der Waals surface area (Å²) in [6.45, 7) is 8.99. The summed E-state index contributed by atoms with van der Waals surface area (Å²) in [5.74, 6) is 0.705. The molecule has 3 fully saturated rings. The highest BCUT2D eigenvalue weighted by molar-refractivity contribution is 6.06. The first-order valence-corrected chi connectivity index (χ1v) is 11.1. The number of rotatable bonds is 5. The van der Waals surface area contributed by atoms with Gasteiger partial charge in [0.2, 0.25) is 0 Å². The number of amides is 1. The van der Waals surface area contributed by atoms with Crippen LogP contribution in [0, 0.1) is 6.92 Å². The molecule has 0 radical (unpaired) electrons. The second kappa shape index (κ2) is 7.14. The number of fused-ring (bicyclic) bond motifs is 2. The molecule has 1 unspecified atom stereocenters. The largest absolute Gasteiger partial charge is 0.336 e. The van der Waals surface area contributed by atoms with Crippen molar-refractivity contribution in [2.45, 2.75) is 70.9 Å². The fraction of sp³-hybridized carbons (Fsp3) is 0.682. The topological polar surface area (TPSA) is 54.3 Å². The van der Waals surface area contributed by atoms with Gasteiger partial charge in [0, 0.05) is 43.8 Å². The SMILES string of the molecule is CCCCn1nc(C)c2c(C(=O)N3CCN4CCCC4C3)cc(C3CC3)nc21. The van der Waals surface area contributed by atoms with Crippen molar-refractivity contribution in [2.75, 3.05) is 26.2 Å². The van der Waals surface area contributed by atoms with Gasteiger partial charge in [0.1, 0.15) is 0 Å². The van der Waals surface area contributed by atoms with E-state index in [9.17, 15) is 4.79 Å². The number of carbonyl (C=O) groups is 1. The van der Waals surface area contributed by atoms with Gasteiger partial charge in [-0.05, 0) is 51.6 Å². The van der Waals surface area contributed by atoms with Gasteiger partial charge >= 0.3 is 0 Å². The van der Waals surface area contributed by atoms with Gasteiger partial charge in [-0.2, -0.15) is 5.10 Å². The molecule has 1 saturated carbocycles. The van der Waals surface area contributed by atoms with Crippen LogP contribution in [0.25, 0.3) is 11.0 Å². The van der Waals surface area contributed by atoms with Crippen LogP contribution in [0.5, 0.6) is 0 Å². The van der Waals surface area contributed by atoms with Crippen molar-refractivity contribution in [3.63, 3.8) is 0 Å². The summed E-state index contributed by atoms with van der Waals surface area (Å²) in [6.07, 6.45) is 7.07. The molecule has 1 aliphatic carbocycles. The average Bonchev–Trinajstić information content (AvgIpc) is 3.37. The van der Waals surface area contributed by atoms with Crippen LogP contribution in [0.4, 0.5) is 0 Å². The summed E-state index contributed by atoms with van der Waals surface area (Å²) in [7, 11) is 0. The molecule has 0 spiro atoms. The van der Waals surface area contributed by atoms with Crippen molar-refractivity contribution in [3.05, 3.63) is 23.0 Å². The Labute approximate surface area is 166 Å². The highest BCUT2D eigenvalue weighted by Crippen LogP contribution is 2.40. The summed E-state index contributed by atoms with van der Waals surface area (Å²) in [4.78, 5) is 23.2. The van der Waals surface area contributed by atoms with E-state index in [4.69, 9.17) is 10.1 Å². The minimum absolute atomic E-state index is 0.180. The molecule has 28 heavy (non-hydrogen) atoms.